The van der Waals surface area contributed by atoms with Crippen molar-refractivity contribution in [3.8, 4) is 11.3 Å². The van der Waals surface area contributed by atoms with Crippen LogP contribution in [0.2, 0.25) is 0 Å². The number of hydrogen-bond acceptors (Lipinski definition) is 7. The molecule has 2 rings (SSSR count). The first kappa shape index (κ1) is 41.4. The first-order chi connectivity index (χ1) is 20.6. The number of alkyl halides is 6. The highest BCUT2D eigenvalue weighted by Crippen LogP contribution is 2.23. The van der Waals surface area contributed by atoms with Crippen LogP contribution in [-0.4, -0.2) is 102 Å². The number of benzene rings is 1. The molecule has 1 heterocycles. The van der Waals surface area contributed by atoms with Crippen molar-refractivity contribution in [3.05, 3.63) is 42.4 Å². The molecular weight excluding hydrogens is 640 g/mol. The lowest BCUT2D eigenvalue weighted by Gasteiger charge is -2.23. The van der Waals surface area contributed by atoms with Crippen LogP contribution in [0.25, 0.3) is 11.3 Å². The third kappa shape index (κ3) is 18.1. The van der Waals surface area contributed by atoms with Gasteiger partial charge in [0.1, 0.15) is 11.6 Å². The number of carboxylic acid groups (broad SMARTS) is 2. The zero-order chi connectivity index (χ0) is 35.0. The lowest BCUT2D eigenvalue weighted by atomic mass is 10.1. The van der Waals surface area contributed by atoms with Gasteiger partial charge in [-0.2, -0.15) is 43.8 Å². The number of unbranched alkanes of at least 4 members (excludes halogenated alkanes) is 2. The van der Waals surface area contributed by atoms with Crippen molar-refractivity contribution in [1.29, 1.82) is 0 Å². The van der Waals surface area contributed by atoms with Gasteiger partial charge >= 0.3 is 24.3 Å². The maximum atomic E-state index is 12.9. The molecule has 0 saturated carbocycles. The summed E-state index contributed by atoms with van der Waals surface area (Å²) in [6.07, 6.45) is -4.81. The molecule has 0 spiro atoms. The Balaban J connectivity index is 0.00000114. The Morgan fingerprint density at radius 1 is 0.911 bits per heavy atom. The third-order valence-electron chi connectivity index (χ3n) is 5.58. The molecule has 45 heavy (non-hydrogen) atoms. The standard InChI is InChI=1S/C22H35N5O3S.2C2HF3O2/c1-18(28)11-7-5-10-14-20(25-31(29,30)27(4)16-15-26(2)3)22-23-17-21(24-22)19-12-8-6-9-13-19;2*3-2(4,5)1(6)7/h6,8-9,12-13,17,20,25H,5,7,10-11,14-16H2,1-4H3,(H,23,24);2*(H,6,7)/t20-;;/m0../s1. The molecule has 256 valence electrons. The van der Waals surface area contributed by atoms with E-state index < -0.39 is 40.5 Å². The van der Waals surface area contributed by atoms with Gasteiger partial charge in [-0.3, -0.25) is 0 Å². The number of imidazole rings is 1. The number of carbonyl (C=O) groups excluding carboxylic acids is 1. The van der Waals surface area contributed by atoms with E-state index in [0.29, 0.717) is 31.8 Å². The van der Waals surface area contributed by atoms with E-state index in [1.165, 1.54) is 4.31 Å². The highest BCUT2D eigenvalue weighted by atomic mass is 32.2. The Hall–Kier alpha value is -3.55. The number of nitrogens with one attached hydrogen (secondary N) is 2. The zero-order valence-corrected chi connectivity index (χ0v) is 25.8. The molecule has 0 amide bonds. The second-order valence-corrected chi connectivity index (χ2v) is 11.6. The van der Waals surface area contributed by atoms with Crippen molar-refractivity contribution in [3.63, 3.8) is 0 Å². The van der Waals surface area contributed by atoms with Gasteiger partial charge in [-0.1, -0.05) is 43.2 Å². The Morgan fingerprint density at radius 3 is 1.87 bits per heavy atom. The maximum Gasteiger partial charge on any atom is 0.490 e. The molecule has 19 heteroatoms. The van der Waals surface area contributed by atoms with Gasteiger partial charge in [0.15, 0.2) is 0 Å². The molecule has 1 atom stereocenters. The van der Waals surface area contributed by atoms with Gasteiger partial charge < -0.3 is 24.9 Å². The number of H-pyrrole nitrogens is 1. The van der Waals surface area contributed by atoms with Crippen molar-refractivity contribution >= 4 is 27.9 Å². The summed E-state index contributed by atoms with van der Waals surface area (Å²) < 4.78 is 93.4. The van der Waals surface area contributed by atoms with Crippen LogP contribution in [0.5, 0.6) is 0 Å². The van der Waals surface area contributed by atoms with Gasteiger partial charge in [0.2, 0.25) is 0 Å². The molecule has 2 aromatic rings. The fourth-order valence-corrected chi connectivity index (χ4v) is 4.25. The summed E-state index contributed by atoms with van der Waals surface area (Å²) in [5.41, 5.74) is 1.84. The SMILES string of the molecule is CC(=O)CCCCC[C@H](NS(=O)(=O)N(C)CCN(C)C)c1ncc(-c2ccccc2)[nH]1.O=C(O)C(F)(F)F.O=C(O)C(F)(F)F. The fraction of sp³-hybridized carbons (Fsp3) is 0.538. The van der Waals surface area contributed by atoms with E-state index in [2.05, 4.69) is 14.7 Å². The predicted octanol–water partition coefficient (Wildman–Crippen LogP) is 4.25. The van der Waals surface area contributed by atoms with Crippen LogP contribution >= 0.6 is 0 Å². The van der Waals surface area contributed by atoms with E-state index in [1.807, 2.05) is 49.3 Å². The number of aromatic amines is 1. The first-order valence-electron chi connectivity index (χ1n) is 13.2. The van der Waals surface area contributed by atoms with Crippen LogP contribution in [0.4, 0.5) is 26.3 Å². The van der Waals surface area contributed by atoms with Crippen molar-refractivity contribution in [2.75, 3.05) is 34.2 Å². The Labute approximate surface area is 256 Å². The third-order valence-corrected chi connectivity index (χ3v) is 7.17. The number of ketones is 1. The number of carbonyl (C=O) groups is 3. The van der Waals surface area contributed by atoms with E-state index in [4.69, 9.17) is 19.8 Å². The van der Waals surface area contributed by atoms with Gasteiger partial charge in [-0.05, 0) is 39.4 Å². The number of carboxylic acids is 2. The summed E-state index contributed by atoms with van der Waals surface area (Å²) in [4.78, 5) is 38.6. The molecule has 0 saturated heterocycles. The predicted molar refractivity (Wildman–Crippen MR) is 151 cm³/mol. The number of rotatable bonds is 14. The molecule has 0 fully saturated rings. The Kier molecular flexibility index (Phi) is 17.6. The minimum atomic E-state index is -5.08. The number of aromatic nitrogens is 2. The van der Waals surface area contributed by atoms with Crippen LogP contribution in [0, 0.1) is 0 Å². The number of Topliss-reactive ketones (excluding diaryl/α,β-unsaturated/α-hetero) is 1. The highest BCUT2D eigenvalue weighted by molar-refractivity contribution is 7.87. The van der Waals surface area contributed by atoms with Gasteiger partial charge in [-0.15, -0.1) is 0 Å². The van der Waals surface area contributed by atoms with E-state index >= 15 is 0 Å². The van der Waals surface area contributed by atoms with E-state index in [1.54, 1.807) is 20.2 Å². The molecule has 0 radical (unpaired) electrons. The summed E-state index contributed by atoms with van der Waals surface area (Å²) in [7, 11) is 1.72. The molecule has 0 aliphatic carbocycles. The normalized spacial score (nSPS) is 12.5. The van der Waals surface area contributed by atoms with Crippen LogP contribution < -0.4 is 4.72 Å². The van der Waals surface area contributed by atoms with Gasteiger partial charge in [0.25, 0.3) is 10.2 Å². The molecule has 1 aromatic carbocycles. The second-order valence-electron chi connectivity index (χ2n) is 9.76. The molecule has 4 N–H and O–H groups in total. The molecule has 0 bridgehead atoms. The monoisotopic (exact) mass is 677 g/mol. The van der Waals surface area contributed by atoms with Crippen LogP contribution in [0.15, 0.2) is 36.5 Å². The number of likely N-dealkylation sites (N-methyl/N-ethyl adjacent to an activating group) is 2. The second kappa shape index (κ2) is 19.1. The maximum absolute atomic E-state index is 12.9. The summed E-state index contributed by atoms with van der Waals surface area (Å²) in [6.45, 7) is 2.61. The minimum absolute atomic E-state index is 0.179. The summed E-state index contributed by atoms with van der Waals surface area (Å²) in [5.74, 6) is -4.74. The first-order valence-corrected chi connectivity index (χ1v) is 14.6. The van der Waals surface area contributed by atoms with Gasteiger partial charge in [0, 0.05) is 26.6 Å². The van der Waals surface area contributed by atoms with E-state index in [-0.39, 0.29) is 5.78 Å². The molecule has 1 aromatic heterocycles. The number of nitrogens with zero attached hydrogens (tertiary/aromatic N) is 3. The quantitative estimate of drug-likeness (QED) is 0.168. The molecule has 0 aliphatic rings. The lowest BCUT2D eigenvalue weighted by Crippen LogP contribution is -2.43. The largest absolute Gasteiger partial charge is 0.490 e. The van der Waals surface area contributed by atoms with Crippen molar-refractivity contribution < 1.29 is 59.4 Å². The van der Waals surface area contributed by atoms with Crippen molar-refractivity contribution in [2.45, 2.75) is 57.4 Å². The number of hydrogen-bond donors (Lipinski definition) is 4. The molecule has 0 unspecified atom stereocenters. The lowest BCUT2D eigenvalue weighted by molar-refractivity contribution is -0.193. The van der Waals surface area contributed by atoms with Gasteiger partial charge in [0.05, 0.1) is 17.9 Å². The topological polar surface area (TPSA) is 173 Å². The number of halogens is 6. The highest BCUT2D eigenvalue weighted by Gasteiger charge is 2.38. The van der Waals surface area contributed by atoms with E-state index in [9.17, 15) is 39.6 Å². The smallest absolute Gasteiger partial charge is 0.475 e. The Morgan fingerprint density at radius 2 is 1.42 bits per heavy atom. The summed E-state index contributed by atoms with van der Waals surface area (Å²) in [6, 6.07) is 9.33. The fourth-order valence-electron chi connectivity index (χ4n) is 3.16. The zero-order valence-electron chi connectivity index (χ0n) is 24.9. The average molecular weight is 678 g/mol. The van der Waals surface area contributed by atoms with Crippen LogP contribution in [-0.2, 0) is 24.6 Å². The van der Waals surface area contributed by atoms with Crippen LogP contribution in [0.1, 0.15) is 50.9 Å². The average Bonchev–Trinajstić information content (AvgIpc) is 3.41. The van der Waals surface area contributed by atoms with Gasteiger partial charge in [-0.25, -0.2) is 14.6 Å². The molecule has 0 aliphatic heterocycles. The molecule has 12 nitrogen and oxygen atoms in total. The Bertz CT molecular complexity index is 1280. The van der Waals surface area contributed by atoms with Crippen molar-refractivity contribution in [1.82, 2.24) is 23.9 Å². The van der Waals surface area contributed by atoms with E-state index in [0.717, 1.165) is 30.5 Å². The van der Waals surface area contributed by atoms with Crippen molar-refractivity contribution in [2.24, 2.45) is 0 Å². The minimum Gasteiger partial charge on any atom is -0.475 e. The van der Waals surface area contributed by atoms with Crippen LogP contribution in [0.3, 0.4) is 0 Å². The molecular formula is C26H37F6N5O7S. The summed E-state index contributed by atoms with van der Waals surface area (Å²) in [5, 5.41) is 14.2. The summed E-state index contributed by atoms with van der Waals surface area (Å²) >= 11 is 0. The number of aliphatic carboxylic acids is 2.